The topological polar surface area (TPSA) is 67.9 Å². The first-order valence-corrected chi connectivity index (χ1v) is 11.7. The molecule has 2 aromatic heterocycles. The zero-order chi connectivity index (χ0) is 23.7. The number of rotatable bonds is 5. The van der Waals surface area contributed by atoms with Gasteiger partial charge in [-0.15, -0.1) is 11.3 Å². The van der Waals surface area contributed by atoms with E-state index < -0.39 is 5.97 Å². The van der Waals surface area contributed by atoms with Crippen molar-refractivity contribution in [3.8, 4) is 22.9 Å². The van der Waals surface area contributed by atoms with Crippen LogP contribution in [-0.2, 0) is 6.54 Å². The van der Waals surface area contributed by atoms with Crippen molar-refractivity contribution in [2.45, 2.75) is 13.5 Å². The molecule has 166 valence electrons. The highest BCUT2D eigenvalue weighted by atomic mass is 35.5. The van der Waals surface area contributed by atoms with Crippen LogP contribution in [0.25, 0.3) is 21.3 Å². The first-order valence-electron chi connectivity index (χ1n) is 10.5. The van der Waals surface area contributed by atoms with E-state index in [1.54, 1.807) is 24.3 Å². The van der Waals surface area contributed by atoms with Crippen molar-refractivity contribution in [2.75, 3.05) is 0 Å². The van der Waals surface area contributed by atoms with E-state index >= 15 is 0 Å². The number of ether oxygens (including phenoxy) is 1. The van der Waals surface area contributed by atoms with Gasteiger partial charge in [0, 0.05) is 10.4 Å². The molecule has 0 aliphatic carbocycles. The van der Waals surface area contributed by atoms with Gasteiger partial charge in [0.05, 0.1) is 23.9 Å². The standard InChI is InChI=1S/C27H18ClN3O2S/c1-17-23-14-25(34-26(23)31(30-17)16-21-4-2-3-5-24(21)28)27(32)33-22-12-10-20(11-13-22)19-8-6-18(15-29)7-9-19/h2-14H,16H2,1H3. The summed E-state index contributed by atoms with van der Waals surface area (Å²) < 4.78 is 7.50. The Morgan fingerprint density at radius 1 is 1.06 bits per heavy atom. The molecule has 0 spiro atoms. The van der Waals surface area contributed by atoms with Crippen LogP contribution < -0.4 is 4.74 Å². The van der Waals surface area contributed by atoms with Gasteiger partial charge >= 0.3 is 5.97 Å². The Balaban J connectivity index is 1.34. The Kier molecular flexibility index (Phi) is 5.89. The van der Waals surface area contributed by atoms with Gasteiger partial charge in [-0.1, -0.05) is 54.1 Å². The normalized spacial score (nSPS) is 10.9. The Bertz CT molecular complexity index is 1540. The number of carbonyl (C=O) groups excluding carboxylic acids is 1. The van der Waals surface area contributed by atoms with E-state index in [9.17, 15) is 4.79 Å². The summed E-state index contributed by atoms with van der Waals surface area (Å²) in [5, 5.41) is 15.2. The van der Waals surface area contributed by atoms with Crippen LogP contribution in [0.3, 0.4) is 0 Å². The number of nitrogens with zero attached hydrogens (tertiary/aromatic N) is 3. The number of hydrogen-bond acceptors (Lipinski definition) is 5. The molecule has 0 radical (unpaired) electrons. The van der Waals surface area contributed by atoms with Crippen molar-refractivity contribution in [3.63, 3.8) is 0 Å². The van der Waals surface area contributed by atoms with Crippen molar-refractivity contribution in [1.29, 1.82) is 5.26 Å². The molecule has 5 rings (SSSR count). The third-order valence-corrected chi connectivity index (χ3v) is 7.00. The molecule has 34 heavy (non-hydrogen) atoms. The largest absolute Gasteiger partial charge is 0.422 e. The van der Waals surface area contributed by atoms with Gasteiger partial charge in [-0.25, -0.2) is 4.79 Å². The third-order valence-electron chi connectivity index (χ3n) is 5.50. The number of thiophene rings is 1. The molecule has 0 unspecified atom stereocenters. The lowest BCUT2D eigenvalue weighted by atomic mass is 10.0. The molecule has 3 aromatic carbocycles. The summed E-state index contributed by atoms with van der Waals surface area (Å²) in [5.74, 6) is 0.0604. The van der Waals surface area contributed by atoms with Gasteiger partial charge in [0.15, 0.2) is 0 Å². The number of nitriles is 1. The van der Waals surface area contributed by atoms with Crippen LogP contribution in [0, 0.1) is 18.3 Å². The fourth-order valence-electron chi connectivity index (χ4n) is 3.72. The van der Waals surface area contributed by atoms with Crippen molar-refractivity contribution in [1.82, 2.24) is 9.78 Å². The van der Waals surface area contributed by atoms with Gasteiger partial charge in [-0.05, 0) is 60.0 Å². The van der Waals surface area contributed by atoms with E-state index in [1.807, 2.05) is 66.2 Å². The number of hydrogen-bond donors (Lipinski definition) is 0. The molecule has 0 atom stereocenters. The maximum atomic E-state index is 12.8. The highest BCUT2D eigenvalue weighted by Gasteiger charge is 2.18. The molecule has 5 nitrogen and oxygen atoms in total. The van der Waals surface area contributed by atoms with E-state index in [1.165, 1.54) is 11.3 Å². The monoisotopic (exact) mass is 483 g/mol. The van der Waals surface area contributed by atoms with Gasteiger partial charge in [0.25, 0.3) is 0 Å². The summed E-state index contributed by atoms with van der Waals surface area (Å²) in [6.45, 7) is 2.45. The average Bonchev–Trinajstić information content (AvgIpc) is 3.42. The number of aryl methyl sites for hydroxylation is 1. The molecule has 0 N–H and O–H groups in total. The summed E-state index contributed by atoms with van der Waals surface area (Å²) in [6.07, 6.45) is 0. The van der Waals surface area contributed by atoms with Crippen molar-refractivity contribution >= 4 is 39.1 Å². The SMILES string of the molecule is Cc1nn(Cc2ccccc2Cl)c2sc(C(=O)Oc3ccc(-c4ccc(C#N)cc4)cc3)cc12. The predicted octanol–water partition coefficient (Wildman–Crippen LogP) is 6.87. The maximum absolute atomic E-state index is 12.8. The van der Waals surface area contributed by atoms with Crippen molar-refractivity contribution in [3.05, 3.63) is 106 Å². The van der Waals surface area contributed by atoms with E-state index in [4.69, 9.17) is 21.6 Å². The number of benzene rings is 3. The second kappa shape index (κ2) is 9.14. The highest BCUT2D eigenvalue weighted by molar-refractivity contribution is 7.20. The molecular formula is C27H18ClN3O2S. The van der Waals surface area contributed by atoms with E-state index in [-0.39, 0.29) is 0 Å². The van der Waals surface area contributed by atoms with Gasteiger partial charge in [-0.3, -0.25) is 4.68 Å². The minimum absolute atomic E-state index is 0.406. The average molecular weight is 484 g/mol. The number of carbonyl (C=O) groups is 1. The molecule has 0 aliphatic rings. The number of fused-ring (bicyclic) bond motifs is 1. The number of halogens is 1. The minimum atomic E-state index is -0.406. The van der Waals surface area contributed by atoms with Crippen LogP contribution in [0.15, 0.2) is 78.9 Å². The zero-order valence-electron chi connectivity index (χ0n) is 18.2. The number of aromatic nitrogens is 2. The van der Waals surface area contributed by atoms with Crippen LogP contribution in [0.2, 0.25) is 5.02 Å². The minimum Gasteiger partial charge on any atom is -0.422 e. The Hall–Kier alpha value is -3.92. The molecule has 7 heteroatoms. The molecule has 0 aliphatic heterocycles. The zero-order valence-corrected chi connectivity index (χ0v) is 19.7. The first-order chi connectivity index (χ1) is 16.5. The maximum Gasteiger partial charge on any atom is 0.353 e. The van der Waals surface area contributed by atoms with Gasteiger partial charge < -0.3 is 4.74 Å². The Morgan fingerprint density at radius 2 is 1.74 bits per heavy atom. The highest BCUT2D eigenvalue weighted by Crippen LogP contribution is 2.31. The van der Waals surface area contributed by atoms with Gasteiger partial charge in [-0.2, -0.15) is 10.4 Å². The van der Waals surface area contributed by atoms with Crippen LogP contribution in [-0.4, -0.2) is 15.7 Å². The predicted molar refractivity (Wildman–Crippen MR) is 134 cm³/mol. The van der Waals surface area contributed by atoms with Crippen molar-refractivity contribution in [2.24, 2.45) is 0 Å². The lowest BCUT2D eigenvalue weighted by molar-refractivity contribution is 0.0740. The van der Waals surface area contributed by atoms with Crippen molar-refractivity contribution < 1.29 is 9.53 Å². The smallest absolute Gasteiger partial charge is 0.353 e. The van der Waals surface area contributed by atoms with E-state index in [0.717, 1.165) is 32.6 Å². The lowest BCUT2D eigenvalue weighted by Crippen LogP contribution is -2.06. The molecule has 2 heterocycles. The second-order valence-electron chi connectivity index (χ2n) is 7.77. The summed E-state index contributed by atoms with van der Waals surface area (Å²) in [6, 6.07) is 26.3. The van der Waals surface area contributed by atoms with Crippen LogP contribution in [0.4, 0.5) is 0 Å². The van der Waals surface area contributed by atoms with Crippen LogP contribution >= 0.6 is 22.9 Å². The number of esters is 1. The summed E-state index contributed by atoms with van der Waals surface area (Å²) in [4.78, 5) is 14.3. The molecular weight excluding hydrogens is 466 g/mol. The molecule has 0 saturated heterocycles. The molecule has 0 amide bonds. The summed E-state index contributed by atoms with van der Waals surface area (Å²) >= 11 is 7.67. The van der Waals surface area contributed by atoms with Gasteiger partial charge in [0.2, 0.25) is 0 Å². The van der Waals surface area contributed by atoms with E-state index in [2.05, 4.69) is 11.2 Å². The fraction of sp³-hybridized carbons (Fsp3) is 0.0741. The Morgan fingerprint density at radius 3 is 2.41 bits per heavy atom. The second-order valence-corrected chi connectivity index (χ2v) is 9.20. The first kappa shape index (κ1) is 21.9. The summed E-state index contributed by atoms with van der Waals surface area (Å²) in [7, 11) is 0. The fourth-order valence-corrected chi connectivity index (χ4v) is 4.95. The van der Waals surface area contributed by atoms with Crippen LogP contribution in [0.5, 0.6) is 5.75 Å². The molecule has 0 bridgehead atoms. The summed E-state index contributed by atoms with van der Waals surface area (Å²) in [5.41, 5.74) is 4.39. The van der Waals surface area contributed by atoms with Crippen LogP contribution in [0.1, 0.15) is 26.5 Å². The Labute approximate surface area is 205 Å². The molecule has 0 saturated carbocycles. The van der Waals surface area contributed by atoms with E-state index in [0.29, 0.717) is 27.8 Å². The third kappa shape index (κ3) is 4.32. The lowest BCUT2D eigenvalue weighted by Gasteiger charge is -2.06. The van der Waals surface area contributed by atoms with Gasteiger partial charge in [0.1, 0.15) is 15.5 Å². The molecule has 5 aromatic rings. The molecule has 0 fully saturated rings. The quantitative estimate of drug-likeness (QED) is 0.202.